The summed E-state index contributed by atoms with van der Waals surface area (Å²) in [5, 5.41) is 33.3. The van der Waals surface area contributed by atoms with Gasteiger partial charge in [-0.1, -0.05) is 0 Å². The molecule has 0 aromatic heterocycles. The molecule has 0 aliphatic carbocycles. The first kappa shape index (κ1) is 26.4. The van der Waals surface area contributed by atoms with Crippen LogP contribution in [0.3, 0.4) is 0 Å². The molecule has 0 saturated heterocycles. The van der Waals surface area contributed by atoms with E-state index in [0.717, 1.165) is 0 Å². The summed E-state index contributed by atoms with van der Waals surface area (Å²) in [6.07, 6.45) is -1.86. The third-order valence-electron chi connectivity index (χ3n) is 3.61. The number of rotatable bonds is 10. The van der Waals surface area contributed by atoms with Crippen molar-refractivity contribution in [3.8, 4) is 0 Å². The fraction of sp³-hybridized carbons (Fsp3) is 0.895. The average Bonchev–Trinajstić information content (AvgIpc) is 2.37. The molecule has 5 N–H and O–H groups in total. The van der Waals surface area contributed by atoms with Crippen molar-refractivity contribution in [3.63, 3.8) is 0 Å². The lowest BCUT2D eigenvalue weighted by Crippen LogP contribution is -2.54. The summed E-state index contributed by atoms with van der Waals surface area (Å²) in [6, 6.07) is 0. The summed E-state index contributed by atoms with van der Waals surface area (Å²) in [5.41, 5.74) is -3.29. The molecule has 0 aromatic carbocycles. The lowest BCUT2D eigenvalue weighted by Gasteiger charge is -2.37. The zero-order chi connectivity index (χ0) is 22.4. The van der Waals surface area contributed by atoms with Crippen molar-refractivity contribution in [1.29, 1.82) is 0 Å². The van der Waals surface area contributed by atoms with E-state index in [9.17, 15) is 19.8 Å². The van der Waals surface area contributed by atoms with Gasteiger partial charge in [0.25, 0.3) is 0 Å². The van der Waals surface area contributed by atoms with Crippen LogP contribution in [0.15, 0.2) is 0 Å². The van der Waals surface area contributed by atoms with Gasteiger partial charge in [0, 0.05) is 17.5 Å². The van der Waals surface area contributed by atoms with E-state index in [1.165, 1.54) is 0 Å². The Morgan fingerprint density at radius 3 is 1.79 bits per heavy atom. The Labute approximate surface area is 167 Å². The fourth-order valence-electron chi connectivity index (χ4n) is 3.36. The minimum Gasteiger partial charge on any atom is -0.447 e. The summed E-state index contributed by atoms with van der Waals surface area (Å²) in [5.74, 6) is 0. The summed E-state index contributed by atoms with van der Waals surface area (Å²) in [7, 11) is 0. The molecule has 1 unspecified atom stereocenters. The van der Waals surface area contributed by atoms with Gasteiger partial charge in [-0.25, -0.2) is 9.59 Å². The molecule has 0 heterocycles. The van der Waals surface area contributed by atoms with E-state index in [4.69, 9.17) is 14.6 Å². The number of alkyl carbamates (subject to hydrolysis) is 2. The Balaban J connectivity index is 4.71. The third-order valence-corrected chi connectivity index (χ3v) is 3.61. The highest BCUT2D eigenvalue weighted by Crippen LogP contribution is 2.25. The second-order valence-electron chi connectivity index (χ2n) is 9.77. The van der Waals surface area contributed by atoms with Crippen molar-refractivity contribution in [1.82, 2.24) is 10.6 Å². The first-order chi connectivity index (χ1) is 12.4. The molecule has 0 aliphatic heterocycles. The molecule has 0 aliphatic rings. The van der Waals surface area contributed by atoms with Crippen LogP contribution in [-0.2, 0) is 9.47 Å². The summed E-state index contributed by atoms with van der Waals surface area (Å²) >= 11 is 0. The van der Waals surface area contributed by atoms with Gasteiger partial charge < -0.3 is 35.4 Å². The van der Waals surface area contributed by atoms with Crippen LogP contribution in [0, 0.1) is 0 Å². The SMILES string of the molecule is CC(C)(O)CC(C)(C)OC(=O)NC(C)(C)CC(C)(C)NC(=O)OCC(O)CO. The normalized spacial score (nSPS) is 14.2. The second-order valence-corrected chi connectivity index (χ2v) is 9.77. The quantitative estimate of drug-likeness (QED) is 0.372. The number of carbonyl (C=O) groups excluding carboxylic acids is 2. The first-order valence-electron chi connectivity index (χ1n) is 9.34. The molecular formula is C19H38N2O7. The minimum atomic E-state index is -1.13. The molecule has 9 nitrogen and oxygen atoms in total. The van der Waals surface area contributed by atoms with Crippen molar-refractivity contribution in [2.45, 2.75) is 96.6 Å². The van der Waals surface area contributed by atoms with E-state index in [0.29, 0.717) is 6.42 Å². The van der Waals surface area contributed by atoms with E-state index >= 15 is 0 Å². The molecule has 0 spiro atoms. The molecule has 28 heavy (non-hydrogen) atoms. The first-order valence-corrected chi connectivity index (χ1v) is 9.34. The van der Waals surface area contributed by atoms with Gasteiger partial charge in [0.05, 0.1) is 12.2 Å². The fourth-order valence-corrected chi connectivity index (χ4v) is 3.36. The van der Waals surface area contributed by atoms with Crippen LogP contribution in [0.25, 0.3) is 0 Å². The van der Waals surface area contributed by atoms with Crippen LogP contribution in [0.2, 0.25) is 0 Å². The second kappa shape index (κ2) is 9.76. The third kappa shape index (κ3) is 12.7. The lowest BCUT2D eigenvalue weighted by molar-refractivity contribution is -0.0363. The molecule has 166 valence electrons. The summed E-state index contributed by atoms with van der Waals surface area (Å²) in [6.45, 7) is 13.0. The van der Waals surface area contributed by atoms with Crippen LogP contribution in [-0.4, -0.2) is 69.1 Å². The van der Waals surface area contributed by atoms with Crippen LogP contribution < -0.4 is 10.6 Å². The van der Waals surface area contributed by atoms with Gasteiger partial charge in [-0.3, -0.25) is 0 Å². The van der Waals surface area contributed by atoms with Gasteiger partial charge in [-0.2, -0.15) is 0 Å². The van der Waals surface area contributed by atoms with E-state index in [1.54, 1.807) is 55.4 Å². The zero-order valence-corrected chi connectivity index (χ0v) is 18.4. The summed E-state index contributed by atoms with van der Waals surface area (Å²) in [4.78, 5) is 24.1. The maximum absolute atomic E-state index is 12.3. The number of carbonyl (C=O) groups is 2. The molecule has 0 bridgehead atoms. The summed E-state index contributed by atoms with van der Waals surface area (Å²) < 4.78 is 10.3. The molecule has 2 amide bonds. The minimum absolute atomic E-state index is 0.270. The number of hydrogen-bond donors (Lipinski definition) is 5. The van der Waals surface area contributed by atoms with Crippen molar-refractivity contribution in [2.24, 2.45) is 0 Å². The Morgan fingerprint density at radius 1 is 0.893 bits per heavy atom. The van der Waals surface area contributed by atoms with Gasteiger partial charge in [0.1, 0.15) is 18.3 Å². The number of ether oxygens (including phenoxy) is 2. The Morgan fingerprint density at radius 2 is 1.36 bits per heavy atom. The Bertz CT molecular complexity index is 525. The molecule has 9 heteroatoms. The van der Waals surface area contributed by atoms with Gasteiger partial charge >= 0.3 is 12.2 Å². The lowest BCUT2D eigenvalue weighted by atomic mass is 9.87. The highest BCUT2D eigenvalue weighted by molar-refractivity contribution is 5.69. The number of nitrogens with one attached hydrogen (secondary N) is 2. The largest absolute Gasteiger partial charge is 0.447 e. The highest BCUT2D eigenvalue weighted by Gasteiger charge is 2.35. The predicted molar refractivity (Wildman–Crippen MR) is 105 cm³/mol. The van der Waals surface area contributed by atoms with E-state index < -0.39 is 47.2 Å². The number of aliphatic hydroxyl groups excluding tert-OH is 2. The van der Waals surface area contributed by atoms with Gasteiger partial charge in [-0.05, 0) is 61.8 Å². The van der Waals surface area contributed by atoms with Crippen molar-refractivity contribution >= 4 is 12.2 Å². The van der Waals surface area contributed by atoms with Crippen LogP contribution >= 0.6 is 0 Å². The molecule has 1 atom stereocenters. The maximum Gasteiger partial charge on any atom is 0.408 e. The Hall–Kier alpha value is -1.58. The topological polar surface area (TPSA) is 137 Å². The Kier molecular flexibility index (Phi) is 9.20. The number of amides is 2. The number of aliphatic hydroxyl groups is 3. The predicted octanol–water partition coefficient (Wildman–Crippen LogP) is 1.68. The zero-order valence-electron chi connectivity index (χ0n) is 18.4. The molecule has 0 fully saturated rings. The molecule has 0 radical (unpaired) electrons. The molecule has 0 aromatic rings. The monoisotopic (exact) mass is 406 g/mol. The van der Waals surface area contributed by atoms with Crippen molar-refractivity contribution in [3.05, 3.63) is 0 Å². The van der Waals surface area contributed by atoms with E-state index in [2.05, 4.69) is 10.6 Å². The standard InChI is InChI=1S/C19H38N2O7/c1-16(2,20-14(24)27-10-13(23)9-22)11-17(3,4)21-15(25)28-19(7,8)12-18(5,6)26/h13,22-23,26H,9-12H2,1-8H3,(H,20,24)(H,21,25). The highest BCUT2D eigenvalue weighted by atomic mass is 16.6. The maximum atomic E-state index is 12.3. The average molecular weight is 407 g/mol. The van der Waals surface area contributed by atoms with Crippen LogP contribution in [0.1, 0.15) is 68.2 Å². The van der Waals surface area contributed by atoms with Gasteiger partial charge in [-0.15, -0.1) is 0 Å². The van der Waals surface area contributed by atoms with Gasteiger partial charge in [0.2, 0.25) is 0 Å². The van der Waals surface area contributed by atoms with Crippen molar-refractivity contribution < 1.29 is 34.4 Å². The van der Waals surface area contributed by atoms with E-state index in [1.807, 2.05) is 0 Å². The van der Waals surface area contributed by atoms with E-state index in [-0.39, 0.29) is 13.0 Å². The number of hydrogen-bond acceptors (Lipinski definition) is 7. The van der Waals surface area contributed by atoms with Gasteiger partial charge in [0.15, 0.2) is 0 Å². The van der Waals surface area contributed by atoms with Crippen molar-refractivity contribution in [2.75, 3.05) is 13.2 Å². The molecule has 0 rings (SSSR count). The molecule has 0 saturated carbocycles. The molecular weight excluding hydrogens is 368 g/mol. The smallest absolute Gasteiger partial charge is 0.408 e. The van der Waals surface area contributed by atoms with Crippen LogP contribution in [0.4, 0.5) is 9.59 Å². The van der Waals surface area contributed by atoms with Crippen LogP contribution in [0.5, 0.6) is 0 Å².